The van der Waals surface area contributed by atoms with Crippen molar-refractivity contribution >= 4 is 11.9 Å². The number of nitrogens with one attached hydrogen (secondary N) is 1. The predicted octanol–water partition coefficient (Wildman–Crippen LogP) is -1.15. The van der Waals surface area contributed by atoms with Gasteiger partial charge in [-0.05, 0) is 19.4 Å². The largest absolute Gasteiger partial charge is 0.480 e. The third-order valence-electron chi connectivity index (χ3n) is 1.46. The average molecular weight is 190 g/mol. The molecule has 0 saturated carbocycles. The molecule has 0 spiro atoms. The topological polar surface area (TPSA) is 113 Å². The van der Waals surface area contributed by atoms with Crippen molar-refractivity contribution in [3.63, 3.8) is 0 Å². The van der Waals surface area contributed by atoms with Gasteiger partial charge in [0.1, 0.15) is 6.04 Å². The van der Waals surface area contributed by atoms with Gasteiger partial charge in [0, 0.05) is 0 Å². The summed E-state index contributed by atoms with van der Waals surface area (Å²) in [5.74, 6) is -1.96. The van der Waals surface area contributed by atoms with Gasteiger partial charge in [0.25, 0.3) is 0 Å². The summed E-state index contributed by atoms with van der Waals surface area (Å²) in [5.41, 5.74) is 5.21. The standard InChI is InChI=1S/C7H14N2O4/c8-5(7(12)13)2-1-3-9-4-6(10)11/h5,9H,1-4,8H2,(H,10,11)(H,12,13)/t5-/m0/s1. The molecule has 1 atom stereocenters. The van der Waals surface area contributed by atoms with Crippen LogP contribution in [0.4, 0.5) is 0 Å². The molecule has 0 radical (unpaired) electrons. The highest BCUT2D eigenvalue weighted by Gasteiger charge is 2.09. The van der Waals surface area contributed by atoms with E-state index in [4.69, 9.17) is 15.9 Å². The fourth-order valence-corrected chi connectivity index (χ4v) is 0.766. The molecule has 0 saturated heterocycles. The van der Waals surface area contributed by atoms with Crippen molar-refractivity contribution in [3.8, 4) is 0 Å². The zero-order valence-corrected chi connectivity index (χ0v) is 7.19. The van der Waals surface area contributed by atoms with Crippen molar-refractivity contribution in [3.05, 3.63) is 0 Å². The molecule has 0 aromatic rings. The fourth-order valence-electron chi connectivity index (χ4n) is 0.766. The van der Waals surface area contributed by atoms with Gasteiger partial charge < -0.3 is 21.3 Å². The smallest absolute Gasteiger partial charge is 0.320 e. The molecular formula is C7H14N2O4. The van der Waals surface area contributed by atoms with Crippen LogP contribution in [0.1, 0.15) is 12.8 Å². The van der Waals surface area contributed by atoms with Gasteiger partial charge in [-0.15, -0.1) is 0 Å². The van der Waals surface area contributed by atoms with Crippen LogP contribution in [0.2, 0.25) is 0 Å². The van der Waals surface area contributed by atoms with Crippen molar-refractivity contribution < 1.29 is 19.8 Å². The summed E-state index contributed by atoms with van der Waals surface area (Å²) < 4.78 is 0. The number of aliphatic carboxylic acids is 2. The van der Waals surface area contributed by atoms with E-state index >= 15 is 0 Å². The summed E-state index contributed by atoms with van der Waals surface area (Å²) in [4.78, 5) is 20.3. The Balaban J connectivity index is 3.26. The van der Waals surface area contributed by atoms with Crippen molar-refractivity contribution in [2.24, 2.45) is 5.73 Å². The molecule has 5 N–H and O–H groups in total. The summed E-state index contributed by atoms with van der Waals surface area (Å²) >= 11 is 0. The van der Waals surface area contributed by atoms with Crippen LogP contribution in [-0.2, 0) is 9.59 Å². The molecule has 76 valence electrons. The van der Waals surface area contributed by atoms with E-state index in [9.17, 15) is 9.59 Å². The normalized spacial score (nSPS) is 12.4. The van der Waals surface area contributed by atoms with Gasteiger partial charge in [-0.2, -0.15) is 0 Å². The molecule has 0 aliphatic rings. The van der Waals surface area contributed by atoms with E-state index < -0.39 is 18.0 Å². The first kappa shape index (κ1) is 11.9. The highest BCUT2D eigenvalue weighted by molar-refractivity contribution is 5.72. The van der Waals surface area contributed by atoms with Crippen LogP contribution in [0, 0.1) is 0 Å². The Kier molecular flexibility index (Phi) is 5.82. The number of carboxylic acids is 2. The maximum atomic E-state index is 10.2. The summed E-state index contributed by atoms with van der Waals surface area (Å²) in [5, 5.41) is 19.2. The minimum absolute atomic E-state index is 0.109. The first-order valence-corrected chi connectivity index (χ1v) is 3.95. The Morgan fingerprint density at radius 2 is 2.00 bits per heavy atom. The number of hydrogen-bond donors (Lipinski definition) is 4. The highest BCUT2D eigenvalue weighted by Crippen LogP contribution is 1.92. The number of hydrogen-bond acceptors (Lipinski definition) is 4. The minimum atomic E-state index is -1.03. The third kappa shape index (κ3) is 7.23. The second kappa shape index (κ2) is 6.38. The van der Waals surface area contributed by atoms with Gasteiger partial charge in [0.2, 0.25) is 0 Å². The summed E-state index contributed by atoms with van der Waals surface area (Å²) in [6, 6.07) is -0.855. The van der Waals surface area contributed by atoms with Crippen LogP contribution < -0.4 is 11.1 Å². The Bertz CT molecular complexity index is 183. The van der Waals surface area contributed by atoms with E-state index in [1.54, 1.807) is 0 Å². The molecule has 0 amide bonds. The molecule has 0 unspecified atom stereocenters. The molecule has 0 aliphatic heterocycles. The van der Waals surface area contributed by atoms with Gasteiger partial charge in [0.05, 0.1) is 6.54 Å². The first-order chi connectivity index (χ1) is 6.04. The third-order valence-corrected chi connectivity index (χ3v) is 1.46. The molecule has 6 heteroatoms. The van der Waals surface area contributed by atoms with Crippen LogP contribution in [0.15, 0.2) is 0 Å². The van der Waals surface area contributed by atoms with Gasteiger partial charge in [-0.3, -0.25) is 9.59 Å². The summed E-state index contributed by atoms with van der Waals surface area (Å²) in [6.45, 7) is 0.357. The molecule has 0 aromatic heterocycles. The molecule has 0 aliphatic carbocycles. The number of carbonyl (C=O) groups is 2. The molecule has 0 bridgehead atoms. The molecule has 6 nitrogen and oxygen atoms in total. The lowest BCUT2D eigenvalue weighted by atomic mass is 10.2. The quantitative estimate of drug-likeness (QED) is 0.377. The van der Waals surface area contributed by atoms with Crippen LogP contribution in [0.25, 0.3) is 0 Å². The maximum absolute atomic E-state index is 10.2. The second-order valence-corrected chi connectivity index (χ2v) is 2.66. The van der Waals surface area contributed by atoms with E-state index in [0.29, 0.717) is 19.4 Å². The van der Waals surface area contributed by atoms with Crippen LogP contribution in [0.3, 0.4) is 0 Å². The first-order valence-electron chi connectivity index (χ1n) is 3.95. The van der Waals surface area contributed by atoms with Crippen LogP contribution in [-0.4, -0.2) is 41.3 Å². The van der Waals surface area contributed by atoms with Gasteiger partial charge in [-0.25, -0.2) is 0 Å². The molecule has 0 fully saturated rings. The number of nitrogens with two attached hydrogens (primary N) is 1. The second-order valence-electron chi connectivity index (χ2n) is 2.66. The van der Waals surface area contributed by atoms with E-state index in [0.717, 1.165) is 0 Å². The molecule has 0 rings (SSSR count). The van der Waals surface area contributed by atoms with E-state index in [1.165, 1.54) is 0 Å². The highest BCUT2D eigenvalue weighted by atomic mass is 16.4. The Morgan fingerprint density at radius 3 is 2.46 bits per heavy atom. The van der Waals surface area contributed by atoms with E-state index in [1.807, 2.05) is 0 Å². The van der Waals surface area contributed by atoms with Gasteiger partial charge in [0.15, 0.2) is 0 Å². The minimum Gasteiger partial charge on any atom is -0.480 e. The van der Waals surface area contributed by atoms with E-state index in [2.05, 4.69) is 5.32 Å². The number of carboxylic acid groups (broad SMARTS) is 2. The molecular weight excluding hydrogens is 176 g/mol. The average Bonchev–Trinajstić information content (AvgIpc) is 2.02. The lowest BCUT2D eigenvalue weighted by Crippen LogP contribution is -2.31. The van der Waals surface area contributed by atoms with Crippen LogP contribution >= 0.6 is 0 Å². The van der Waals surface area contributed by atoms with Gasteiger partial charge >= 0.3 is 11.9 Å². The number of rotatable bonds is 7. The molecule has 13 heavy (non-hydrogen) atoms. The van der Waals surface area contributed by atoms with Crippen molar-refractivity contribution in [1.29, 1.82) is 0 Å². The van der Waals surface area contributed by atoms with Crippen molar-refractivity contribution in [2.45, 2.75) is 18.9 Å². The lowest BCUT2D eigenvalue weighted by molar-refractivity contribution is -0.139. The Hall–Kier alpha value is -1.14. The summed E-state index contributed by atoms with van der Waals surface area (Å²) in [7, 11) is 0. The Labute approximate surface area is 75.7 Å². The van der Waals surface area contributed by atoms with Crippen molar-refractivity contribution in [2.75, 3.05) is 13.1 Å². The van der Waals surface area contributed by atoms with Crippen molar-refractivity contribution in [1.82, 2.24) is 5.32 Å². The fraction of sp³-hybridized carbons (Fsp3) is 0.714. The maximum Gasteiger partial charge on any atom is 0.320 e. The monoisotopic (exact) mass is 190 g/mol. The lowest BCUT2D eigenvalue weighted by Gasteiger charge is -2.05. The van der Waals surface area contributed by atoms with Gasteiger partial charge in [-0.1, -0.05) is 0 Å². The Morgan fingerprint density at radius 1 is 1.38 bits per heavy atom. The zero-order valence-electron chi connectivity index (χ0n) is 7.19. The predicted molar refractivity (Wildman–Crippen MR) is 45.4 cm³/mol. The zero-order chi connectivity index (χ0) is 10.3. The molecule has 0 aromatic carbocycles. The summed E-state index contributed by atoms with van der Waals surface area (Å²) in [6.07, 6.45) is 0.905. The van der Waals surface area contributed by atoms with Crippen LogP contribution in [0.5, 0.6) is 0 Å². The molecule has 0 heterocycles. The van der Waals surface area contributed by atoms with E-state index in [-0.39, 0.29) is 6.54 Å². The SMILES string of the molecule is N[C@@H](CCCNCC(=O)O)C(=O)O.